The molecule has 1 amide bonds. The van der Waals surface area contributed by atoms with Gasteiger partial charge in [-0.2, -0.15) is 0 Å². The minimum Gasteiger partial charge on any atom is -0.458 e. The fourth-order valence-corrected chi connectivity index (χ4v) is 7.61. The van der Waals surface area contributed by atoms with Gasteiger partial charge in [0.05, 0.1) is 23.9 Å². The Labute approximate surface area is 275 Å². The normalized spacial score (nSPS) is 42.1. The number of carbonyl (C=O) groups is 3. The Hall–Kier alpha value is -1.87. The summed E-state index contributed by atoms with van der Waals surface area (Å²) in [5.41, 5.74) is -2.14. The Morgan fingerprint density at radius 2 is 1.83 bits per heavy atom. The van der Waals surface area contributed by atoms with E-state index in [0.29, 0.717) is 32.4 Å². The van der Waals surface area contributed by atoms with Crippen molar-refractivity contribution in [2.24, 2.45) is 11.8 Å². The molecule has 1 unspecified atom stereocenters. The van der Waals surface area contributed by atoms with Gasteiger partial charge in [0, 0.05) is 38.2 Å². The molecule has 3 fully saturated rings. The van der Waals surface area contributed by atoms with E-state index in [-0.39, 0.29) is 29.9 Å². The molecule has 0 saturated carbocycles. The summed E-state index contributed by atoms with van der Waals surface area (Å²) in [5, 5.41) is 17.7. The van der Waals surface area contributed by atoms with Gasteiger partial charge >= 0.3 is 12.1 Å². The van der Waals surface area contributed by atoms with E-state index in [1.165, 1.54) is 0 Å². The Morgan fingerprint density at radius 3 is 2.41 bits per heavy atom. The van der Waals surface area contributed by atoms with Gasteiger partial charge in [0.15, 0.2) is 11.9 Å². The molecule has 0 aromatic carbocycles. The summed E-state index contributed by atoms with van der Waals surface area (Å²) in [4.78, 5) is 43.8. The highest BCUT2D eigenvalue weighted by Gasteiger charge is 2.55. The maximum Gasteiger partial charge on any atom is 0.408 e. The number of methoxy groups -OCH3 is 1. The van der Waals surface area contributed by atoms with Gasteiger partial charge in [-0.05, 0) is 73.6 Å². The maximum atomic E-state index is 13.9. The zero-order valence-electron chi connectivity index (χ0n) is 29.8. The summed E-state index contributed by atoms with van der Waals surface area (Å²) in [6, 6.07) is -0.882. The van der Waals surface area contributed by atoms with Gasteiger partial charge < -0.3 is 49.2 Å². The van der Waals surface area contributed by atoms with Crippen molar-refractivity contribution in [3.63, 3.8) is 0 Å². The standard InChI is InChI=1S/C33H60N4O9/c1-12-25-33(7)28(35-31(41)46-33)21(5)37(10)18-19(3)16-32(6,42-11)29(20(4)24(38)15-26(39)44-25)45-30-27(40)23(36(8)9)14-22(43-30)17-34-13-2/h19-23,25,27-30,34,40H,12-18H2,1-11H3,(H,35,41)/t19-,20+,21-,22+,23?,25-,27-,28-,29-,30+,32-,33-/m1/s1. The van der Waals surface area contributed by atoms with E-state index in [1.807, 2.05) is 53.7 Å². The maximum absolute atomic E-state index is 13.9. The monoisotopic (exact) mass is 656 g/mol. The lowest BCUT2D eigenvalue weighted by molar-refractivity contribution is -0.296. The first-order valence-electron chi connectivity index (χ1n) is 16.8. The molecule has 13 heteroatoms. The number of ketones is 1. The lowest BCUT2D eigenvalue weighted by Crippen LogP contribution is -2.60. The average molecular weight is 657 g/mol. The van der Waals surface area contributed by atoms with Crippen LogP contribution in [-0.2, 0) is 33.3 Å². The lowest BCUT2D eigenvalue weighted by Gasteiger charge is -2.47. The van der Waals surface area contributed by atoms with Crippen LogP contribution in [0.15, 0.2) is 0 Å². The molecular weight excluding hydrogens is 596 g/mol. The highest BCUT2D eigenvalue weighted by molar-refractivity contribution is 5.97. The van der Waals surface area contributed by atoms with Gasteiger partial charge in [0.1, 0.15) is 24.4 Å². The number of likely N-dealkylation sites (N-methyl/N-ethyl adjacent to an activating group) is 3. The van der Waals surface area contributed by atoms with Crippen molar-refractivity contribution in [1.82, 2.24) is 20.4 Å². The summed E-state index contributed by atoms with van der Waals surface area (Å²) in [6.07, 6.45) is -3.45. The van der Waals surface area contributed by atoms with E-state index in [9.17, 15) is 19.5 Å². The number of nitrogens with zero attached hydrogens (tertiary/aromatic N) is 2. The summed E-state index contributed by atoms with van der Waals surface area (Å²) >= 11 is 0. The summed E-state index contributed by atoms with van der Waals surface area (Å²) in [6.45, 7) is 15.4. The number of rotatable bonds is 8. The van der Waals surface area contributed by atoms with Crippen LogP contribution in [0.4, 0.5) is 4.79 Å². The van der Waals surface area contributed by atoms with Crippen LogP contribution < -0.4 is 10.6 Å². The summed E-state index contributed by atoms with van der Waals surface area (Å²) in [7, 11) is 7.40. The van der Waals surface area contributed by atoms with Crippen molar-refractivity contribution in [2.45, 2.75) is 134 Å². The SMILES string of the molecule is CCNC[C@@H]1CC(N(C)C)[C@@H](O)[C@H](O[C@@H]2[C@@H](C)C(=O)CC(=O)O[C@H](CC)[C@@]3(C)OC(=O)N[C@@H]3[C@@H](C)N(C)C[C@H](C)C[C@@]2(C)OC)O1. The second kappa shape index (κ2) is 16.0. The van der Waals surface area contributed by atoms with Crippen LogP contribution in [0.1, 0.15) is 74.1 Å². The Bertz CT molecular complexity index is 1050. The zero-order chi connectivity index (χ0) is 34.6. The molecule has 13 nitrogen and oxygen atoms in total. The highest BCUT2D eigenvalue weighted by Crippen LogP contribution is 2.38. The Morgan fingerprint density at radius 1 is 1.15 bits per heavy atom. The number of cyclic esters (lactones) is 1. The predicted octanol–water partition coefficient (Wildman–Crippen LogP) is 1.94. The quantitative estimate of drug-likeness (QED) is 0.259. The lowest BCUT2D eigenvalue weighted by atomic mass is 9.79. The molecule has 3 N–H and O–H groups in total. The molecule has 46 heavy (non-hydrogen) atoms. The topological polar surface area (TPSA) is 148 Å². The van der Waals surface area contributed by atoms with Crippen LogP contribution in [0.2, 0.25) is 0 Å². The molecule has 3 aliphatic rings. The van der Waals surface area contributed by atoms with Crippen molar-refractivity contribution in [3.05, 3.63) is 0 Å². The van der Waals surface area contributed by atoms with Crippen molar-refractivity contribution >= 4 is 17.8 Å². The molecule has 0 aromatic heterocycles. The molecule has 0 aliphatic carbocycles. The third-order valence-electron chi connectivity index (χ3n) is 10.4. The molecular formula is C33H60N4O9. The molecule has 0 radical (unpaired) electrons. The Kier molecular flexibility index (Phi) is 13.4. The number of hydrogen-bond acceptors (Lipinski definition) is 12. The van der Waals surface area contributed by atoms with Crippen LogP contribution in [-0.4, -0.2) is 141 Å². The van der Waals surface area contributed by atoms with E-state index in [4.69, 9.17) is 23.7 Å². The van der Waals surface area contributed by atoms with Gasteiger partial charge in [-0.15, -0.1) is 0 Å². The highest BCUT2D eigenvalue weighted by atomic mass is 16.7. The van der Waals surface area contributed by atoms with Crippen LogP contribution in [0.3, 0.4) is 0 Å². The second-order valence-electron chi connectivity index (χ2n) is 14.3. The molecule has 0 spiro atoms. The van der Waals surface area contributed by atoms with Crippen LogP contribution in [0.5, 0.6) is 0 Å². The summed E-state index contributed by atoms with van der Waals surface area (Å²) in [5.74, 6) is -1.86. The van der Waals surface area contributed by atoms with Crippen LogP contribution in [0.25, 0.3) is 0 Å². The van der Waals surface area contributed by atoms with E-state index in [0.717, 1.165) is 6.54 Å². The largest absolute Gasteiger partial charge is 0.458 e. The number of aliphatic hydroxyl groups is 1. The molecule has 3 aliphatic heterocycles. The number of ether oxygens (including phenoxy) is 5. The van der Waals surface area contributed by atoms with Crippen LogP contribution in [0, 0.1) is 11.8 Å². The number of carbonyl (C=O) groups excluding carboxylic acids is 3. The fourth-order valence-electron chi connectivity index (χ4n) is 7.61. The second-order valence-corrected chi connectivity index (χ2v) is 14.3. The number of nitrogens with one attached hydrogen (secondary N) is 2. The van der Waals surface area contributed by atoms with Gasteiger partial charge in [-0.25, -0.2) is 4.79 Å². The minimum absolute atomic E-state index is 0.0493. The molecule has 3 rings (SSSR count). The number of hydrogen-bond donors (Lipinski definition) is 3. The van der Waals surface area contributed by atoms with Gasteiger partial charge in [0.25, 0.3) is 0 Å². The zero-order valence-corrected chi connectivity index (χ0v) is 29.8. The number of fused-ring (bicyclic) bond motifs is 1. The molecule has 266 valence electrons. The van der Waals surface area contributed by atoms with Gasteiger partial charge in [0.2, 0.25) is 0 Å². The smallest absolute Gasteiger partial charge is 0.408 e. The first-order valence-corrected chi connectivity index (χ1v) is 16.8. The van der Waals surface area contributed by atoms with Gasteiger partial charge in [-0.3, -0.25) is 9.59 Å². The average Bonchev–Trinajstić information content (AvgIpc) is 3.30. The van der Waals surface area contributed by atoms with Crippen LogP contribution >= 0.6 is 0 Å². The predicted molar refractivity (Wildman–Crippen MR) is 172 cm³/mol. The molecule has 0 bridgehead atoms. The fraction of sp³-hybridized carbons (Fsp3) is 0.909. The van der Waals surface area contributed by atoms with E-state index < -0.39 is 66.2 Å². The first-order chi connectivity index (χ1) is 21.5. The van der Waals surface area contributed by atoms with Gasteiger partial charge in [-0.1, -0.05) is 27.7 Å². The minimum atomic E-state index is -1.14. The Balaban J connectivity index is 2.01. The summed E-state index contributed by atoms with van der Waals surface area (Å²) < 4.78 is 30.8. The van der Waals surface area contributed by atoms with Crippen molar-refractivity contribution in [2.75, 3.05) is 47.9 Å². The van der Waals surface area contributed by atoms with E-state index >= 15 is 0 Å². The number of aliphatic hydroxyl groups excluding tert-OH is 1. The molecule has 0 aromatic rings. The van der Waals surface area contributed by atoms with E-state index in [1.54, 1.807) is 21.0 Å². The number of Topliss-reactive ketones (excluding diaryl/α,β-unsaturated/α-hetero) is 1. The molecule has 3 saturated heterocycles. The number of alkyl carbamates (subject to hydrolysis) is 1. The molecule has 3 heterocycles. The number of esters is 1. The van der Waals surface area contributed by atoms with Crippen molar-refractivity contribution in [3.8, 4) is 0 Å². The third kappa shape index (κ3) is 8.58. The van der Waals surface area contributed by atoms with Crippen molar-refractivity contribution < 1.29 is 43.2 Å². The molecule has 12 atom stereocenters. The first kappa shape index (κ1) is 38.6. The third-order valence-corrected chi connectivity index (χ3v) is 10.4. The number of amides is 1. The van der Waals surface area contributed by atoms with Crippen molar-refractivity contribution in [1.29, 1.82) is 0 Å². The van der Waals surface area contributed by atoms with E-state index in [2.05, 4.69) is 22.5 Å².